The minimum absolute atomic E-state index is 0.0567. The van der Waals surface area contributed by atoms with Crippen molar-refractivity contribution in [1.82, 2.24) is 14.9 Å². The summed E-state index contributed by atoms with van der Waals surface area (Å²) in [5, 5.41) is 0. The van der Waals surface area contributed by atoms with Gasteiger partial charge in [-0.05, 0) is 49.4 Å². The first-order chi connectivity index (χ1) is 12.7. The monoisotopic (exact) mass is 351 g/mol. The molecule has 2 unspecified atom stereocenters. The quantitative estimate of drug-likeness (QED) is 0.803. The van der Waals surface area contributed by atoms with Crippen molar-refractivity contribution < 1.29 is 9.53 Å². The van der Waals surface area contributed by atoms with E-state index < -0.39 is 0 Å². The number of ether oxygens (including phenoxy) is 1. The molecule has 0 radical (unpaired) electrons. The maximum atomic E-state index is 13.0. The van der Waals surface area contributed by atoms with Crippen LogP contribution in [-0.4, -0.2) is 47.1 Å². The molecule has 26 heavy (non-hydrogen) atoms. The van der Waals surface area contributed by atoms with E-state index in [1.807, 2.05) is 36.2 Å². The van der Waals surface area contributed by atoms with Crippen LogP contribution in [-0.2, 0) is 4.74 Å². The van der Waals surface area contributed by atoms with Gasteiger partial charge in [0.2, 0.25) is 0 Å². The lowest BCUT2D eigenvalue weighted by Gasteiger charge is -2.17. The van der Waals surface area contributed by atoms with Gasteiger partial charge in [-0.25, -0.2) is 0 Å². The Hall–Kier alpha value is -2.27. The van der Waals surface area contributed by atoms with Crippen molar-refractivity contribution in [2.45, 2.75) is 25.7 Å². The van der Waals surface area contributed by atoms with Gasteiger partial charge in [0.05, 0.1) is 12.2 Å². The van der Waals surface area contributed by atoms with E-state index in [-0.39, 0.29) is 17.7 Å². The van der Waals surface area contributed by atoms with Gasteiger partial charge < -0.3 is 9.64 Å². The number of aromatic nitrogens is 2. The van der Waals surface area contributed by atoms with Crippen LogP contribution in [0.5, 0.6) is 0 Å². The lowest BCUT2D eigenvalue weighted by molar-refractivity contribution is 0.0738. The predicted molar refractivity (Wildman–Crippen MR) is 98.9 cm³/mol. The van der Waals surface area contributed by atoms with E-state index in [2.05, 4.69) is 16.0 Å². The maximum Gasteiger partial charge on any atom is 0.255 e. The number of likely N-dealkylation sites (tertiary alicyclic amines) is 1. The number of aryl methyl sites for hydroxylation is 1. The van der Waals surface area contributed by atoms with Gasteiger partial charge in [-0.1, -0.05) is 6.07 Å². The van der Waals surface area contributed by atoms with E-state index >= 15 is 0 Å². The summed E-state index contributed by atoms with van der Waals surface area (Å²) in [6.45, 7) is 4.88. The maximum absolute atomic E-state index is 13.0. The van der Waals surface area contributed by atoms with E-state index in [1.54, 1.807) is 12.4 Å². The summed E-state index contributed by atoms with van der Waals surface area (Å²) in [6.07, 6.45) is 7.80. The molecule has 3 heterocycles. The highest BCUT2D eigenvalue weighted by Gasteiger charge is 2.38. The van der Waals surface area contributed by atoms with Crippen LogP contribution in [0.3, 0.4) is 0 Å². The van der Waals surface area contributed by atoms with E-state index in [4.69, 9.17) is 4.74 Å². The lowest BCUT2D eigenvalue weighted by Crippen LogP contribution is -2.30. The van der Waals surface area contributed by atoms with Crippen LogP contribution in [0.25, 0.3) is 0 Å². The third-order valence-electron chi connectivity index (χ3n) is 5.45. The minimum atomic E-state index is 0.0567. The minimum Gasteiger partial charge on any atom is -0.381 e. The standard InChI is InChI=1S/C21H25N3O2/c1-15-7-9-22-10-18(15)21(25)24-11-17(14-26-13-16-5-6-16)19(12-24)20-4-2-3-8-23-20/h2-4,7-10,16-17,19H,5-6,11-14H2,1H3. The van der Waals surface area contributed by atoms with Gasteiger partial charge in [-0.2, -0.15) is 0 Å². The highest BCUT2D eigenvalue weighted by atomic mass is 16.5. The summed E-state index contributed by atoms with van der Waals surface area (Å²) in [5.74, 6) is 1.31. The molecule has 1 aliphatic carbocycles. The Bertz CT molecular complexity index is 761. The number of pyridine rings is 2. The lowest BCUT2D eigenvalue weighted by atomic mass is 9.93. The van der Waals surface area contributed by atoms with Gasteiger partial charge in [-0.3, -0.25) is 14.8 Å². The molecule has 2 aromatic rings. The van der Waals surface area contributed by atoms with E-state index in [0.717, 1.165) is 23.8 Å². The number of hydrogen-bond donors (Lipinski definition) is 0. The highest BCUT2D eigenvalue weighted by Crippen LogP contribution is 2.34. The van der Waals surface area contributed by atoms with Gasteiger partial charge in [-0.15, -0.1) is 0 Å². The number of hydrogen-bond acceptors (Lipinski definition) is 4. The second-order valence-electron chi connectivity index (χ2n) is 7.50. The largest absolute Gasteiger partial charge is 0.381 e. The smallest absolute Gasteiger partial charge is 0.255 e. The molecule has 5 heteroatoms. The molecule has 2 fully saturated rings. The summed E-state index contributed by atoms with van der Waals surface area (Å²) in [5.41, 5.74) is 2.70. The Morgan fingerprint density at radius 3 is 2.81 bits per heavy atom. The number of carbonyl (C=O) groups excluding carboxylic acids is 1. The fourth-order valence-electron chi connectivity index (χ4n) is 3.67. The molecule has 5 nitrogen and oxygen atoms in total. The molecule has 2 atom stereocenters. The third-order valence-corrected chi connectivity index (χ3v) is 5.45. The van der Waals surface area contributed by atoms with Crippen molar-refractivity contribution in [3.63, 3.8) is 0 Å². The van der Waals surface area contributed by atoms with Crippen LogP contribution in [0.2, 0.25) is 0 Å². The second-order valence-corrected chi connectivity index (χ2v) is 7.50. The Morgan fingerprint density at radius 1 is 1.19 bits per heavy atom. The summed E-state index contributed by atoms with van der Waals surface area (Å²) >= 11 is 0. The van der Waals surface area contributed by atoms with Crippen LogP contribution in [0, 0.1) is 18.8 Å². The SMILES string of the molecule is Cc1ccncc1C(=O)N1CC(COCC2CC2)C(c2ccccn2)C1. The molecule has 136 valence electrons. The number of rotatable bonds is 6. The molecule has 1 saturated heterocycles. The van der Waals surface area contributed by atoms with E-state index in [1.165, 1.54) is 12.8 Å². The van der Waals surface area contributed by atoms with Crippen LogP contribution in [0.15, 0.2) is 42.9 Å². The number of nitrogens with zero attached hydrogens (tertiary/aromatic N) is 3. The molecule has 1 amide bonds. The molecule has 2 aromatic heterocycles. The fourth-order valence-corrected chi connectivity index (χ4v) is 3.67. The van der Waals surface area contributed by atoms with Gasteiger partial charge in [0.25, 0.3) is 5.91 Å². The Labute approximate surface area is 154 Å². The second kappa shape index (κ2) is 7.54. The zero-order valence-corrected chi connectivity index (χ0v) is 15.2. The van der Waals surface area contributed by atoms with Gasteiger partial charge in [0, 0.05) is 55.8 Å². The van der Waals surface area contributed by atoms with E-state index in [9.17, 15) is 4.79 Å². The van der Waals surface area contributed by atoms with Gasteiger partial charge >= 0.3 is 0 Å². The van der Waals surface area contributed by atoms with Crippen molar-refractivity contribution in [2.75, 3.05) is 26.3 Å². The Morgan fingerprint density at radius 2 is 2.08 bits per heavy atom. The first-order valence-electron chi connectivity index (χ1n) is 9.41. The molecule has 0 N–H and O–H groups in total. The molecular formula is C21H25N3O2. The van der Waals surface area contributed by atoms with Gasteiger partial charge in [0.15, 0.2) is 0 Å². The van der Waals surface area contributed by atoms with E-state index in [0.29, 0.717) is 25.3 Å². The topological polar surface area (TPSA) is 55.3 Å². The molecule has 0 aromatic carbocycles. The Balaban J connectivity index is 1.50. The predicted octanol–water partition coefficient (Wildman–Crippen LogP) is 3.07. The summed E-state index contributed by atoms with van der Waals surface area (Å²) in [6, 6.07) is 7.89. The fraction of sp³-hybridized carbons (Fsp3) is 0.476. The van der Waals surface area contributed by atoms with Crippen LogP contribution < -0.4 is 0 Å². The molecular weight excluding hydrogens is 326 g/mol. The van der Waals surface area contributed by atoms with Crippen molar-refractivity contribution in [3.8, 4) is 0 Å². The first kappa shape index (κ1) is 17.2. The average Bonchev–Trinajstić information content (AvgIpc) is 3.39. The van der Waals surface area contributed by atoms with Crippen LogP contribution >= 0.6 is 0 Å². The summed E-state index contributed by atoms with van der Waals surface area (Å²) in [4.78, 5) is 23.6. The van der Waals surface area contributed by atoms with Crippen molar-refractivity contribution in [2.24, 2.45) is 11.8 Å². The summed E-state index contributed by atoms with van der Waals surface area (Å²) < 4.78 is 5.97. The average molecular weight is 351 g/mol. The van der Waals surface area contributed by atoms with Crippen molar-refractivity contribution in [1.29, 1.82) is 0 Å². The zero-order valence-electron chi connectivity index (χ0n) is 15.2. The third kappa shape index (κ3) is 3.78. The first-order valence-corrected chi connectivity index (χ1v) is 9.41. The normalized spacial score (nSPS) is 22.6. The number of carbonyl (C=O) groups is 1. The Kier molecular flexibility index (Phi) is 4.98. The molecule has 0 bridgehead atoms. The summed E-state index contributed by atoms with van der Waals surface area (Å²) in [7, 11) is 0. The highest BCUT2D eigenvalue weighted by molar-refractivity contribution is 5.95. The van der Waals surface area contributed by atoms with Crippen molar-refractivity contribution >= 4 is 5.91 Å². The molecule has 1 aliphatic heterocycles. The van der Waals surface area contributed by atoms with Crippen LogP contribution in [0.4, 0.5) is 0 Å². The molecule has 1 saturated carbocycles. The van der Waals surface area contributed by atoms with Gasteiger partial charge in [0.1, 0.15) is 0 Å². The van der Waals surface area contributed by atoms with Crippen molar-refractivity contribution in [3.05, 3.63) is 59.7 Å². The molecule has 4 rings (SSSR count). The zero-order chi connectivity index (χ0) is 17.9. The number of amides is 1. The molecule has 0 spiro atoms. The van der Waals surface area contributed by atoms with Crippen LogP contribution in [0.1, 0.15) is 40.4 Å². The molecule has 2 aliphatic rings.